The molecule has 2 aromatic heterocycles. The van der Waals surface area contributed by atoms with Gasteiger partial charge < -0.3 is 4.98 Å². The van der Waals surface area contributed by atoms with E-state index < -0.39 is 4.92 Å². The van der Waals surface area contributed by atoms with Gasteiger partial charge in [0.25, 0.3) is 11.2 Å². The minimum Gasteiger partial charge on any atom is -0.305 e. The number of aromatic nitrogens is 2. The molecule has 8 heteroatoms. The van der Waals surface area contributed by atoms with Gasteiger partial charge in [-0.1, -0.05) is 26.0 Å². The number of nitrogens with one attached hydrogen (secondary N) is 1. The van der Waals surface area contributed by atoms with Crippen molar-refractivity contribution in [2.24, 2.45) is 0 Å². The summed E-state index contributed by atoms with van der Waals surface area (Å²) in [5, 5.41) is 21.5. The zero-order chi connectivity index (χ0) is 20.6. The van der Waals surface area contributed by atoms with Gasteiger partial charge in [0.1, 0.15) is 10.9 Å². The van der Waals surface area contributed by atoms with Crippen LogP contribution in [0.5, 0.6) is 0 Å². The molecule has 0 aliphatic carbocycles. The molecule has 7 nitrogen and oxygen atoms in total. The van der Waals surface area contributed by atoms with E-state index in [0.717, 1.165) is 10.4 Å². The van der Waals surface area contributed by atoms with E-state index in [1.54, 1.807) is 12.1 Å². The van der Waals surface area contributed by atoms with Crippen molar-refractivity contribution in [3.63, 3.8) is 0 Å². The van der Waals surface area contributed by atoms with Gasteiger partial charge in [0, 0.05) is 16.5 Å². The summed E-state index contributed by atoms with van der Waals surface area (Å²) >= 11 is 1.40. The van der Waals surface area contributed by atoms with Crippen LogP contribution in [-0.4, -0.2) is 14.9 Å². The summed E-state index contributed by atoms with van der Waals surface area (Å²) in [6, 6.07) is 6.87. The number of aromatic amines is 1. The van der Waals surface area contributed by atoms with Crippen LogP contribution in [0.2, 0.25) is 0 Å². The van der Waals surface area contributed by atoms with E-state index in [1.165, 1.54) is 23.5 Å². The first-order valence-corrected chi connectivity index (χ1v) is 9.45. The van der Waals surface area contributed by atoms with Crippen LogP contribution in [-0.2, 0) is 0 Å². The molecule has 28 heavy (non-hydrogen) atoms. The molecule has 0 amide bonds. The number of nitro groups is 1. The molecule has 2 heterocycles. The smallest absolute Gasteiger partial charge is 0.273 e. The fourth-order valence-electron chi connectivity index (χ4n) is 3.00. The molecule has 0 radical (unpaired) electrons. The summed E-state index contributed by atoms with van der Waals surface area (Å²) in [5.74, 6) is 0.149. The largest absolute Gasteiger partial charge is 0.305 e. The fourth-order valence-corrected chi connectivity index (χ4v) is 4.03. The molecule has 1 N–H and O–H groups in total. The van der Waals surface area contributed by atoms with E-state index in [0.29, 0.717) is 21.3 Å². The highest BCUT2D eigenvalue weighted by Crippen LogP contribution is 2.29. The lowest BCUT2D eigenvalue weighted by molar-refractivity contribution is -0.385. The van der Waals surface area contributed by atoms with E-state index in [1.807, 2.05) is 33.8 Å². The average molecular weight is 394 g/mol. The van der Waals surface area contributed by atoms with Crippen LogP contribution in [0.15, 0.2) is 23.0 Å². The Morgan fingerprint density at radius 2 is 2.11 bits per heavy atom. The van der Waals surface area contributed by atoms with Gasteiger partial charge in [-0.15, -0.1) is 11.3 Å². The van der Waals surface area contributed by atoms with Gasteiger partial charge in [0.05, 0.1) is 15.9 Å². The summed E-state index contributed by atoms with van der Waals surface area (Å²) < 4.78 is 0. The average Bonchev–Trinajstić information content (AvgIpc) is 2.93. The van der Waals surface area contributed by atoms with Gasteiger partial charge in [-0.05, 0) is 37.0 Å². The number of nitro benzene ring substituents is 1. The molecule has 3 aromatic rings. The van der Waals surface area contributed by atoms with Crippen LogP contribution in [0.25, 0.3) is 21.9 Å². The van der Waals surface area contributed by atoms with Crippen molar-refractivity contribution < 1.29 is 4.92 Å². The second-order valence-corrected chi connectivity index (χ2v) is 7.98. The first-order valence-electron chi connectivity index (χ1n) is 8.63. The monoisotopic (exact) mass is 394 g/mol. The quantitative estimate of drug-likeness (QED) is 0.391. The Morgan fingerprint density at radius 3 is 2.71 bits per heavy atom. The van der Waals surface area contributed by atoms with Crippen molar-refractivity contribution in [1.82, 2.24) is 9.97 Å². The van der Waals surface area contributed by atoms with Gasteiger partial charge >= 0.3 is 0 Å². The Balaban J connectivity index is 2.14. The minimum atomic E-state index is -0.428. The third-order valence-corrected chi connectivity index (χ3v) is 5.70. The molecule has 0 spiro atoms. The zero-order valence-electron chi connectivity index (χ0n) is 15.9. The van der Waals surface area contributed by atoms with Crippen molar-refractivity contribution in [2.75, 3.05) is 0 Å². The summed E-state index contributed by atoms with van der Waals surface area (Å²) in [6.07, 6.45) is 1.49. The Hall–Kier alpha value is -3.31. The predicted molar refractivity (Wildman–Crippen MR) is 110 cm³/mol. The van der Waals surface area contributed by atoms with Crippen LogP contribution in [0.4, 0.5) is 5.69 Å². The summed E-state index contributed by atoms with van der Waals surface area (Å²) in [5.41, 5.74) is 1.83. The number of benzene rings is 1. The van der Waals surface area contributed by atoms with Crippen LogP contribution < -0.4 is 5.56 Å². The lowest BCUT2D eigenvalue weighted by Gasteiger charge is -2.07. The maximum absolute atomic E-state index is 12.5. The van der Waals surface area contributed by atoms with E-state index in [9.17, 15) is 20.2 Å². The van der Waals surface area contributed by atoms with Crippen LogP contribution in [0, 0.1) is 35.3 Å². The lowest BCUT2D eigenvalue weighted by Crippen LogP contribution is -2.10. The number of nitrogens with zero attached hydrogens (tertiary/aromatic N) is 3. The molecule has 3 rings (SSSR count). The van der Waals surface area contributed by atoms with E-state index >= 15 is 0 Å². The molecule has 1 aromatic carbocycles. The highest BCUT2D eigenvalue weighted by molar-refractivity contribution is 7.18. The fraction of sp³-hybridized carbons (Fsp3) is 0.250. The third kappa shape index (κ3) is 3.44. The standard InChI is InChI=1S/C20H18N4O3S/c1-10(2)15-6-5-13(8-16(15)24(26)27)7-14(9-21)18-22-19(25)17-11(3)12(4)28-20(17)23-18/h5-8,10H,1-4H3,(H,22,23,25)/b14-7+. The van der Waals surface area contributed by atoms with Gasteiger partial charge in [-0.3, -0.25) is 14.9 Å². The second-order valence-electron chi connectivity index (χ2n) is 6.78. The van der Waals surface area contributed by atoms with Gasteiger partial charge in [-0.25, -0.2) is 4.98 Å². The molecule has 0 unspecified atom stereocenters. The number of aryl methyl sites for hydroxylation is 2. The number of hydrogen-bond acceptors (Lipinski definition) is 6. The molecular formula is C20H18N4O3S. The third-order valence-electron chi connectivity index (χ3n) is 4.60. The Morgan fingerprint density at radius 1 is 1.39 bits per heavy atom. The summed E-state index contributed by atoms with van der Waals surface area (Å²) in [7, 11) is 0. The van der Waals surface area contributed by atoms with Crippen LogP contribution >= 0.6 is 11.3 Å². The number of rotatable bonds is 4. The highest BCUT2D eigenvalue weighted by atomic mass is 32.1. The molecule has 0 bridgehead atoms. The van der Waals surface area contributed by atoms with Crippen LogP contribution in [0.3, 0.4) is 0 Å². The maximum atomic E-state index is 12.5. The van der Waals surface area contributed by atoms with Crippen molar-refractivity contribution >= 4 is 38.9 Å². The first kappa shape index (κ1) is 19.5. The molecule has 142 valence electrons. The molecule has 0 saturated heterocycles. The Labute approximate surface area is 165 Å². The molecule has 0 aliphatic rings. The lowest BCUT2D eigenvalue weighted by atomic mass is 9.98. The number of allylic oxidation sites excluding steroid dienone is 1. The molecule has 0 aliphatic heterocycles. The molecular weight excluding hydrogens is 376 g/mol. The van der Waals surface area contributed by atoms with E-state index in [2.05, 4.69) is 9.97 Å². The number of hydrogen-bond donors (Lipinski definition) is 1. The van der Waals surface area contributed by atoms with E-state index in [4.69, 9.17) is 0 Å². The maximum Gasteiger partial charge on any atom is 0.273 e. The van der Waals surface area contributed by atoms with Gasteiger partial charge in [0.15, 0.2) is 5.82 Å². The predicted octanol–water partition coefficient (Wildman–Crippen LogP) is 4.70. The number of fused-ring (bicyclic) bond motifs is 1. The second kappa shape index (κ2) is 7.37. The highest BCUT2D eigenvalue weighted by Gasteiger charge is 2.18. The van der Waals surface area contributed by atoms with Crippen molar-refractivity contribution in [3.8, 4) is 6.07 Å². The Kier molecular flexibility index (Phi) is 5.12. The van der Waals surface area contributed by atoms with E-state index in [-0.39, 0.29) is 28.6 Å². The van der Waals surface area contributed by atoms with Crippen molar-refractivity contribution in [2.45, 2.75) is 33.6 Å². The van der Waals surface area contributed by atoms with Crippen molar-refractivity contribution in [3.05, 3.63) is 66.1 Å². The zero-order valence-corrected chi connectivity index (χ0v) is 16.7. The number of nitriles is 1. The van der Waals surface area contributed by atoms with Crippen LogP contribution in [0.1, 0.15) is 47.2 Å². The normalized spacial score (nSPS) is 11.8. The molecule has 0 fully saturated rings. The molecule has 0 saturated carbocycles. The summed E-state index contributed by atoms with van der Waals surface area (Å²) in [6.45, 7) is 7.54. The van der Waals surface area contributed by atoms with Crippen molar-refractivity contribution in [1.29, 1.82) is 5.26 Å². The number of H-pyrrole nitrogens is 1. The minimum absolute atomic E-state index is 0.000367. The molecule has 0 atom stereocenters. The van der Waals surface area contributed by atoms with Gasteiger partial charge in [-0.2, -0.15) is 5.26 Å². The topological polar surface area (TPSA) is 113 Å². The number of thiophene rings is 1. The van der Waals surface area contributed by atoms with Gasteiger partial charge in [0.2, 0.25) is 0 Å². The first-order chi connectivity index (χ1) is 13.2. The SMILES string of the molecule is Cc1sc2nc(/C(C#N)=C/c3ccc(C(C)C)c([N+](=O)[O-])c3)[nH]c(=O)c2c1C. The summed E-state index contributed by atoms with van der Waals surface area (Å²) in [4.78, 5) is 32.1. The Bertz CT molecular complexity index is 1230.